The summed E-state index contributed by atoms with van der Waals surface area (Å²) in [6.45, 7) is 7.73. The molecule has 0 aromatic rings. The van der Waals surface area contributed by atoms with E-state index >= 15 is 0 Å². The minimum Gasteiger partial charge on any atom is -0.450 e. The van der Waals surface area contributed by atoms with Crippen LogP contribution in [0.2, 0.25) is 0 Å². The molecule has 4 aliphatic rings. The van der Waals surface area contributed by atoms with Crippen LogP contribution in [0.25, 0.3) is 0 Å². The van der Waals surface area contributed by atoms with Crippen molar-refractivity contribution in [2.24, 2.45) is 11.8 Å². The van der Waals surface area contributed by atoms with Crippen molar-refractivity contribution in [2.45, 2.75) is 64.5 Å². The van der Waals surface area contributed by atoms with Crippen LogP contribution in [0.15, 0.2) is 0 Å². The van der Waals surface area contributed by atoms with E-state index in [0.29, 0.717) is 37.1 Å². The molecule has 0 spiro atoms. The fraction of sp³-hybridized carbons (Fsp3) is 0.818. The van der Waals surface area contributed by atoms with Gasteiger partial charge < -0.3 is 29.9 Å². The molecule has 0 aromatic heterocycles. The third-order valence-corrected chi connectivity index (χ3v) is 7.34. The quantitative estimate of drug-likeness (QED) is 0.579. The van der Waals surface area contributed by atoms with E-state index in [0.717, 1.165) is 74.7 Å². The average Bonchev–Trinajstić information content (AvgIpc) is 2.79. The Bertz CT molecular complexity index is 649. The van der Waals surface area contributed by atoms with Crippen molar-refractivity contribution in [2.75, 3.05) is 39.4 Å². The summed E-state index contributed by atoms with van der Waals surface area (Å²) in [5.74, 6) is 1.06. The summed E-state index contributed by atoms with van der Waals surface area (Å²) >= 11 is 10.4. The summed E-state index contributed by atoms with van der Waals surface area (Å²) < 4.78 is 10.0. The minimum atomic E-state index is -0.172. The van der Waals surface area contributed by atoms with Gasteiger partial charge >= 0.3 is 12.2 Å². The van der Waals surface area contributed by atoms with Crippen LogP contribution in [0.1, 0.15) is 52.4 Å². The smallest absolute Gasteiger partial charge is 0.409 e. The molecule has 0 aromatic carbocycles. The zero-order valence-corrected chi connectivity index (χ0v) is 20.8. The highest BCUT2D eigenvalue weighted by atomic mass is 32.1. The van der Waals surface area contributed by atoms with Gasteiger partial charge in [-0.25, -0.2) is 9.59 Å². The highest BCUT2D eigenvalue weighted by Gasteiger charge is 2.35. The van der Waals surface area contributed by atoms with Crippen molar-refractivity contribution < 1.29 is 19.1 Å². The van der Waals surface area contributed by atoms with Crippen LogP contribution in [0, 0.1) is 11.8 Å². The Morgan fingerprint density at radius 3 is 1.59 bits per heavy atom. The predicted molar refractivity (Wildman–Crippen MR) is 131 cm³/mol. The lowest BCUT2D eigenvalue weighted by Crippen LogP contribution is -2.54. The number of rotatable bonds is 2. The van der Waals surface area contributed by atoms with Gasteiger partial charge in [0, 0.05) is 38.3 Å². The van der Waals surface area contributed by atoms with E-state index in [1.165, 1.54) is 0 Å². The van der Waals surface area contributed by atoms with Gasteiger partial charge in [0.2, 0.25) is 0 Å². The van der Waals surface area contributed by atoms with Crippen molar-refractivity contribution in [3.8, 4) is 0 Å². The lowest BCUT2D eigenvalue weighted by atomic mass is 9.85. The molecule has 2 N–H and O–H groups in total. The molecule has 0 unspecified atom stereocenters. The first-order chi connectivity index (χ1) is 15.4. The van der Waals surface area contributed by atoms with Gasteiger partial charge in [-0.05, 0) is 64.2 Å². The minimum absolute atomic E-state index is 0.172. The zero-order valence-electron chi connectivity index (χ0n) is 19.1. The number of hydrogen-bond donors (Lipinski definition) is 2. The van der Waals surface area contributed by atoms with Crippen LogP contribution in [-0.4, -0.2) is 83.4 Å². The molecule has 4 rings (SSSR count). The molecule has 32 heavy (non-hydrogen) atoms. The number of ether oxygens (including phenoxy) is 2. The molecule has 4 fully saturated rings. The monoisotopic (exact) mass is 484 g/mol. The number of nitrogens with zero attached hydrogens (tertiary/aromatic N) is 2. The van der Waals surface area contributed by atoms with Crippen LogP contribution in [0.5, 0.6) is 0 Å². The van der Waals surface area contributed by atoms with Crippen molar-refractivity contribution in [1.29, 1.82) is 0 Å². The Labute approximate surface area is 201 Å². The third-order valence-electron chi connectivity index (χ3n) is 6.70. The summed E-state index contributed by atoms with van der Waals surface area (Å²) in [5, 5.41) is 6.72. The Morgan fingerprint density at radius 1 is 0.812 bits per heavy atom. The third kappa shape index (κ3) is 6.66. The molecule has 10 heteroatoms. The summed E-state index contributed by atoms with van der Waals surface area (Å²) in [6.07, 6.45) is 5.69. The maximum absolute atomic E-state index is 11.6. The second-order valence-corrected chi connectivity index (χ2v) is 9.80. The van der Waals surface area contributed by atoms with E-state index in [-0.39, 0.29) is 12.2 Å². The second kappa shape index (κ2) is 12.0. The number of hydrogen-bond acceptors (Lipinski definition) is 6. The number of thiocarbonyl (C=S) groups is 2. The van der Waals surface area contributed by atoms with Gasteiger partial charge in [0.1, 0.15) is 0 Å². The number of fused-ring (bicyclic) bond motifs is 2. The summed E-state index contributed by atoms with van der Waals surface area (Å²) in [4.78, 5) is 28.8. The largest absolute Gasteiger partial charge is 0.450 e. The Morgan fingerprint density at radius 2 is 1.22 bits per heavy atom. The molecule has 4 heterocycles. The van der Waals surface area contributed by atoms with Crippen molar-refractivity contribution in [3.05, 3.63) is 0 Å². The Balaban J connectivity index is 0.000000181. The molecular formula is C22H36N4O4S2. The first kappa shape index (κ1) is 25.0. The highest BCUT2D eigenvalue weighted by Crippen LogP contribution is 2.27. The van der Waals surface area contributed by atoms with E-state index in [1.54, 1.807) is 0 Å². The standard InChI is InChI=1S/2C11H18N2O2S/c2*1-2-15-11(14)13-6-5-9-8(7-13)3-4-10(16)12-9/h2*8-9H,2-7H2,1H3,(H,12,16)/t2*8-,9+/m10/s1. The maximum atomic E-state index is 11.6. The number of nitrogens with one attached hydrogen (secondary N) is 2. The molecule has 180 valence electrons. The van der Waals surface area contributed by atoms with Crippen molar-refractivity contribution in [1.82, 2.24) is 20.4 Å². The van der Waals surface area contributed by atoms with Crippen LogP contribution in [0.4, 0.5) is 9.59 Å². The summed E-state index contributed by atoms with van der Waals surface area (Å²) in [6, 6.07) is 0.929. The predicted octanol–water partition coefficient (Wildman–Crippen LogP) is 3.09. The van der Waals surface area contributed by atoms with E-state index in [4.69, 9.17) is 33.9 Å². The van der Waals surface area contributed by atoms with Crippen LogP contribution in [0.3, 0.4) is 0 Å². The number of amides is 2. The van der Waals surface area contributed by atoms with Crippen LogP contribution < -0.4 is 10.6 Å². The van der Waals surface area contributed by atoms with E-state index in [2.05, 4.69) is 10.6 Å². The van der Waals surface area contributed by atoms with Gasteiger partial charge in [-0.1, -0.05) is 24.4 Å². The van der Waals surface area contributed by atoms with E-state index < -0.39 is 0 Å². The normalized spacial score (nSPS) is 29.3. The molecule has 0 aliphatic carbocycles. The van der Waals surface area contributed by atoms with Gasteiger partial charge in [0.05, 0.1) is 23.2 Å². The lowest BCUT2D eigenvalue weighted by Gasteiger charge is -2.41. The zero-order chi connectivity index (χ0) is 23.1. The fourth-order valence-electron chi connectivity index (χ4n) is 4.98. The van der Waals surface area contributed by atoms with Crippen LogP contribution in [-0.2, 0) is 9.47 Å². The SMILES string of the molecule is CCOC(=O)N1CC[C@@H]2NC(=S)CC[C@@H]2C1.CCOC(=O)N1CC[C@H]2NC(=S)CC[C@H]2C1. The molecule has 8 nitrogen and oxygen atoms in total. The van der Waals surface area contributed by atoms with Crippen molar-refractivity contribution in [3.63, 3.8) is 0 Å². The van der Waals surface area contributed by atoms with Gasteiger partial charge in [0.25, 0.3) is 0 Å². The van der Waals surface area contributed by atoms with Crippen LogP contribution >= 0.6 is 24.4 Å². The molecule has 4 aliphatic heterocycles. The summed E-state index contributed by atoms with van der Waals surface area (Å²) in [5.41, 5.74) is 0. The summed E-state index contributed by atoms with van der Waals surface area (Å²) in [7, 11) is 0. The Kier molecular flexibility index (Phi) is 9.34. The number of likely N-dealkylation sites (tertiary alicyclic amines) is 2. The molecule has 0 bridgehead atoms. The average molecular weight is 485 g/mol. The van der Waals surface area contributed by atoms with Crippen molar-refractivity contribution >= 4 is 46.6 Å². The molecule has 4 atom stereocenters. The number of piperidine rings is 4. The molecule has 0 radical (unpaired) electrons. The van der Waals surface area contributed by atoms with E-state index in [9.17, 15) is 9.59 Å². The topological polar surface area (TPSA) is 83.1 Å². The molecule has 2 amide bonds. The first-order valence-electron chi connectivity index (χ1n) is 11.8. The van der Waals surface area contributed by atoms with Gasteiger partial charge in [-0.2, -0.15) is 0 Å². The maximum Gasteiger partial charge on any atom is 0.409 e. The number of carbonyl (C=O) groups is 2. The second-order valence-electron chi connectivity index (χ2n) is 8.81. The van der Waals surface area contributed by atoms with Gasteiger partial charge in [0.15, 0.2) is 0 Å². The van der Waals surface area contributed by atoms with Gasteiger partial charge in [-0.3, -0.25) is 0 Å². The Hall–Kier alpha value is -1.68. The highest BCUT2D eigenvalue weighted by molar-refractivity contribution is 7.80. The fourth-order valence-corrected chi connectivity index (χ4v) is 5.52. The first-order valence-corrected chi connectivity index (χ1v) is 12.6. The number of carbonyl (C=O) groups excluding carboxylic acids is 2. The van der Waals surface area contributed by atoms with E-state index in [1.807, 2.05) is 23.6 Å². The molecular weight excluding hydrogens is 448 g/mol. The lowest BCUT2D eigenvalue weighted by molar-refractivity contribution is 0.0775. The molecule has 0 saturated carbocycles. The molecule has 4 saturated heterocycles. The van der Waals surface area contributed by atoms with Gasteiger partial charge in [-0.15, -0.1) is 0 Å².